The SMILES string of the molecule is CC(N)CCNC(=O)Cc1csc(-c2ccccn2)n1.Cl.Cl. The van der Waals surface area contributed by atoms with Crippen LogP contribution in [0.25, 0.3) is 10.7 Å². The van der Waals surface area contributed by atoms with Crippen LogP contribution in [0.2, 0.25) is 0 Å². The van der Waals surface area contributed by atoms with E-state index in [9.17, 15) is 4.79 Å². The Bertz CT molecular complexity index is 563. The molecule has 0 aliphatic carbocycles. The van der Waals surface area contributed by atoms with Gasteiger partial charge in [0.05, 0.1) is 17.8 Å². The fourth-order valence-electron chi connectivity index (χ4n) is 1.66. The van der Waals surface area contributed by atoms with E-state index in [0.717, 1.165) is 22.8 Å². The Morgan fingerprint density at radius 2 is 2.18 bits per heavy atom. The average molecular weight is 363 g/mol. The van der Waals surface area contributed by atoms with Crippen LogP contribution in [-0.4, -0.2) is 28.5 Å². The molecule has 1 unspecified atom stereocenters. The summed E-state index contributed by atoms with van der Waals surface area (Å²) in [6.07, 6.45) is 2.81. The lowest BCUT2D eigenvalue weighted by Gasteiger charge is -2.06. The fraction of sp³-hybridized carbons (Fsp3) is 0.357. The van der Waals surface area contributed by atoms with E-state index in [1.54, 1.807) is 6.20 Å². The standard InChI is InChI=1S/C14H18N4OS.2ClH/c1-10(15)5-7-17-13(19)8-11-9-20-14(18-11)12-4-2-3-6-16-12;;/h2-4,6,9-10H,5,7-8,15H2,1H3,(H,17,19);2*1H. The van der Waals surface area contributed by atoms with E-state index in [4.69, 9.17) is 5.73 Å². The maximum absolute atomic E-state index is 11.7. The molecule has 0 aromatic carbocycles. The third-order valence-corrected chi connectivity index (χ3v) is 3.61. The Morgan fingerprint density at radius 3 is 2.82 bits per heavy atom. The first-order valence-electron chi connectivity index (χ1n) is 6.53. The first kappa shape index (κ1) is 20.8. The maximum Gasteiger partial charge on any atom is 0.226 e. The Morgan fingerprint density at radius 1 is 1.41 bits per heavy atom. The van der Waals surface area contributed by atoms with E-state index in [1.165, 1.54) is 11.3 Å². The number of carbonyl (C=O) groups excluding carboxylic acids is 1. The molecule has 2 heterocycles. The minimum absolute atomic E-state index is 0. The number of rotatable bonds is 6. The van der Waals surface area contributed by atoms with Gasteiger partial charge in [-0.05, 0) is 25.5 Å². The van der Waals surface area contributed by atoms with Gasteiger partial charge in [-0.25, -0.2) is 4.98 Å². The fourth-order valence-corrected chi connectivity index (χ4v) is 2.46. The summed E-state index contributed by atoms with van der Waals surface area (Å²) in [5, 5.41) is 5.58. The monoisotopic (exact) mass is 362 g/mol. The van der Waals surface area contributed by atoms with Crippen molar-refractivity contribution in [3.8, 4) is 10.7 Å². The van der Waals surface area contributed by atoms with Crippen molar-refractivity contribution in [2.24, 2.45) is 5.73 Å². The van der Waals surface area contributed by atoms with Crippen LogP contribution >= 0.6 is 36.2 Å². The highest BCUT2D eigenvalue weighted by atomic mass is 35.5. The zero-order chi connectivity index (χ0) is 14.4. The number of nitrogens with zero attached hydrogens (tertiary/aromatic N) is 2. The number of halogens is 2. The zero-order valence-electron chi connectivity index (χ0n) is 12.2. The van der Waals surface area contributed by atoms with E-state index in [-0.39, 0.29) is 36.8 Å². The summed E-state index contributed by atoms with van der Waals surface area (Å²) in [5.74, 6) is -0.0245. The number of carbonyl (C=O) groups is 1. The molecule has 0 saturated carbocycles. The molecule has 1 amide bonds. The van der Waals surface area contributed by atoms with E-state index < -0.39 is 0 Å². The number of nitrogens with one attached hydrogen (secondary N) is 1. The highest BCUT2D eigenvalue weighted by Gasteiger charge is 2.09. The van der Waals surface area contributed by atoms with Crippen molar-refractivity contribution < 1.29 is 4.79 Å². The van der Waals surface area contributed by atoms with Gasteiger partial charge in [-0.3, -0.25) is 9.78 Å². The van der Waals surface area contributed by atoms with Gasteiger partial charge in [0.15, 0.2) is 0 Å². The predicted octanol–water partition coefficient (Wildman–Crippen LogP) is 2.44. The summed E-state index contributed by atoms with van der Waals surface area (Å²) >= 11 is 1.50. The van der Waals surface area contributed by atoms with E-state index in [2.05, 4.69) is 15.3 Å². The van der Waals surface area contributed by atoms with Gasteiger partial charge in [0.1, 0.15) is 5.01 Å². The molecule has 8 heteroatoms. The van der Waals surface area contributed by atoms with E-state index in [0.29, 0.717) is 13.0 Å². The number of hydrogen-bond donors (Lipinski definition) is 2. The predicted molar refractivity (Wildman–Crippen MR) is 94.8 cm³/mol. The molecule has 5 nitrogen and oxygen atoms in total. The third-order valence-electron chi connectivity index (χ3n) is 2.70. The van der Waals surface area contributed by atoms with Crippen LogP contribution in [0.3, 0.4) is 0 Å². The lowest BCUT2D eigenvalue weighted by molar-refractivity contribution is -0.120. The molecule has 2 aromatic rings. The number of pyridine rings is 1. The number of hydrogen-bond acceptors (Lipinski definition) is 5. The van der Waals surface area contributed by atoms with E-state index >= 15 is 0 Å². The van der Waals surface area contributed by atoms with Crippen LogP contribution in [0.15, 0.2) is 29.8 Å². The van der Waals surface area contributed by atoms with E-state index in [1.807, 2.05) is 30.5 Å². The van der Waals surface area contributed by atoms with Crippen molar-refractivity contribution >= 4 is 42.1 Å². The highest BCUT2D eigenvalue weighted by molar-refractivity contribution is 7.13. The summed E-state index contributed by atoms with van der Waals surface area (Å²) < 4.78 is 0. The summed E-state index contributed by atoms with van der Waals surface area (Å²) in [4.78, 5) is 20.4. The van der Waals surface area contributed by atoms with Crippen LogP contribution in [0.5, 0.6) is 0 Å². The Hall–Kier alpha value is -1.21. The molecule has 0 saturated heterocycles. The van der Waals surface area contributed by atoms with Crippen LogP contribution in [0.1, 0.15) is 19.0 Å². The molecule has 2 aromatic heterocycles. The summed E-state index contributed by atoms with van der Waals surface area (Å²) in [6, 6.07) is 5.80. The first-order valence-corrected chi connectivity index (χ1v) is 7.41. The largest absolute Gasteiger partial charge is 0.356 e. The zero-order valence-corrected chi connectivity index (χ0v) is 14.6. The number of aromatic nitrogens is 2. The van der Waals surface area contributed by atoms with Crippen molar-refractivity contribution in [1.29, 1.82) is 0 Å². The minimum Gasteiger partial charge on any atom is -0.356 e. The molecule has 122 valence electrons. The van der Waals surface area contributed by atoms with Gasteiger partial charge in [0.25, 0.3) is 0 Å². The smallest absolute Gasteiger partial charge is 0.226 e. The Kier molecular flexibility index (Phi) is 9.93. The summed E-state index contributed by atoms with van der Waals surface area (Å²) in [7, 11) is 0. The van der Waals surface area contributed by atoms with Crippen LogP contribution in [0.4, 0.5) is 0 Å². The van der Waals surface area contributed by atoms with Crippen molar-refractivity contribution in [1.82, 2.24) is 15.3 Å². The number of thiazole rings is 1. The molecule has 3 N–H and O–H groups in total. The molecule has 0 spiro atoms. The third kappa shape index (κ3) is 6.70. The topological polar surface area (TPSA) is 80.9 Å². The second-order valence-electron chi connectivity index (χ2n) is 4.65. The number of amides is 1. The lowest BCUT2D eigenvalue weighted by Crippen LogP contribution is -2.30. The normalized spacial score (nSPS) is 11.0. The van der Waals surface area contributed by atoms with Gasteiger partial charge in [-0.1, -0.05) is 6.07 Å². The van der Waals surface area contributed by atoms with Crippen molar-refractivity contribution in [2.45, 2.75) is 25.8 Å². The maximum atomic E-state index is 11.7. The van der Waals surface area contributed by atoms with Gasteiger partial charge < -0.3 is 11.1 Å². The van der Waals surface area contributed by atoms with Gasteiger partial charge in [-0.2, -0.15) is 0 Å². The van der Waals surface area contributed by atoms with Crippen molar-refractivity contribution in [3.63, 3.8) is 0 Å². The Labute approximate surface area is 146 Å². The lowest BCUT2D eigenvalue weighted by atomic mass is 10.2. The molecule has 0 fully saturated rings. The minimum atomic E-state index is -0.0245. The molecular weight excluding hydrogens is 343 g/mol. The molecule has 22 heavy (non-hydrogen) atoms. The van der Waals surface area contributed by atoms with Crippen LogP contribution in [0, 0.1) is 0 Å². The average Bonchev–Trinajstić information content (AvgIpc) is 2.88. The van der Waals surface area contributed by atoms with Crippen LogP contribution in [-0.2, 0) is 11.2 Å². The van der Waals surface area contributed by atoms with Gasteiger partial charge in [0, 0.05) is 24.2 Å². The summed E-state index contributed by atoms with van der Waals surface area (Å²) in [6.45, 7) is 2.53. The second kappa shape index (κ2) is 10.5. The molecule has 0 aliphatic heterocycles. The van der Waals surface area contributed by atoms with Gasteiger partial charge in [0.2, 0.25) is 5.91 Å². The number of nitrogens with two attached hydrogens (primary N) is 1. The summed E-state index contributed by atoms with van der Waals surface area (Å²) in [5.41, 5.74) is 7.24. The molecule has 1 atom stereocenters. The molecule has 0 aliphatic rings. The van der Waals surface area contributed by atoms with Crippen molar-refractivity contribution in [2.75, 3.05) is 6.54 Å². The molecule has 0 radical (unpaired) electrons. The molecular formula is C14H20Cl2N4OS. The quantitative estimate of drug-likeness (QED) is 0.826. The molecule has 2 rings (SSSR count). The Balaban J connectivity index is 0.00000220. The van der Waals surface area contributed by atoms with Gasteiger partial charge in [-0.15, -0.1) is 36.2 Å². The highest BCUT2D eigenvalue weighted by Crippen LogP contribution is 2.21. The van der Waals surface area contributed by atoms with Crippen molar-refractivity contribution in [3.05, 3.63) is 35.5 Å². The van der Waals surface area contributed by atoms with Gasteiger partial charge >= 0.3 is 0 Å². The first-order chi connectivity index (χ1) is 9.65. The second-order valence-corrected chi connectivity index (χ2v) is 5.51. The van der Waals surface area contributed by atoms with Crippen LogP contribution < -0.4 is 11.1 Å². The molecule has 0 bridgehead atoms.